The molecular weight excluding hydrogens is 274 g/mol. The smallest absolute Gasteiger partial charge is 0.214 e. The number of allylic oxidation sites excluding steroid dienone is 1. The summed E-state index contributed by atoms with van der Waals surface area (Å²) in [5.41, 5.74) is 0. The minimum Gasteiger partial charge on any atom is -0.338 e. The van der Waals surface area contributed by atoms with Gasteiger partial charge in [0.1, 0.15) is 5.82 Å². The molecule has 20 heavy (non-hydrogen) atoms. The average molecular weight is 297 g/mol. The highest BCUT2D eigenvalue weighted by Crippen LogP contribution is 2.22. The van der Waals surface area contributed by atoms with Gasteiger partial charge in [-0.1, -0.05) is 6.08 Å². The summed E-state index contributed by atoms with van der Waals surface area (Å²) in [6.45, 7) is 4.86. The number of aromatic nitrogens is 2. The Hall–Kier alpha value is -1.14. The Morgan fingerprint density at radius 1 is 1.55 bits per heavy atom. The Balaban J connectivity index is 1.98. The van der Waals surface area contributed by atoms with Crippen LogP contribution in [0.5, 0.6) is 0 Å². The molecule has 0 aromatic carbocycles. The van der Waals surface area contributed by atoms with Gasteiger partial charge >= 0.3 is 0 Å². The summed E-state index contributed by atoms with van der Waals surface area (Å²) in [5.74, 6) is 1.56. The van der Waals surface area contributed by atoms with E-state index in [0.717, 1.165) is 25.1 Å². The molecule has 1 aromatic heterocycles. The Labute approximate surface area is 121 Å². The quantitative estimate of drug-likeness (QED) is 0.749. The van der Waals surface area contributed by atoms with Gasteiger partial charge in [-0.2, -0.15) is 0 Å². The standard InChI is InChI=1S/C14H23N3O2S/c1-3-4-10-20(18,19)17-8-5-6-13(12-17)11-14-15-7-9-16(14)2/h3,7,9,13H,1,4-6,8,10-12H2,2H3/t13-/m1/s1. The monoisotopic (exact) mass is 297 g/mol. The highest BCUT2D eigenvalue weighted by Gasteiger charge is 2.28. The van der Waals surface area contributed by atoms with Gasteiger partial charge in [0.2, 0.25) is 10.0 Å². The minimum atomic E-state index is -3.13. The molecule has 1 atom stereocenters. The molecule has 0 N–H and O–H groups in total. The SMILES string of the molecule is C=CCCS(=O)(=O)N1CCC[C@H](Cc2nccn2C)C1. The first-order chi connectivity index (χ1) is 9.53. The highest BCUT2D eigenvalue weighted by atomic mass is 32.2. The van der Waals surface area contributed by atoms with Crippen LogP contribution in [0.2, 0.25) is 0 Å². The molecule has 1 saturated heterocycles. The van der Waals surface area contributed by atoms with Gasteiger partial charge in [-0.25, -0.2) is 17.7 Å². The van der Waals surface area contributed by atoms with Crippen molar-refractivity contribution in [1.29, 1.82) is 0 Å². The van der Waals surface area contributed by atoms with Crippen LogP contribution in [0.15, 0.2) is 25.0 Å². The Bertz CT molecular complexity index is 551. The molecule has 0 spiro atoms. The van der Waals surface area contributed by atoms with Crippen LogP contribution in [0.1, 0.15) is 25.1 Å². The van der Waals surface area contributed by atoms with Gasteiger partial charge in [0.05, 0.1) is 5.75 Å². The molecule has 0 amide bonds. The number of aryl methyl sites for hydroxylation is 1. The van der Waals surface area contributed by atoms with E-state index in [1.54, 1.807) is 16.6 Å². The molecule has 2 heterocycles. The van der Waals surface area contributed by atoms with E-state index >= 15 is 0 Å². The van der Waals surface area contributed by atoms with Crippen LogP contribution in [0, 0.1) is 5.92 Å². The molecule has 1 aliphatic heterocycles. The second-order valence-electron chi connectivity index (χ2n) is 5.42. The van der Waals surface area contributed by atoms with E-state index in [1.165, 1.54) is 0 Å². The van der Waals surface area contributed by atoms with Crippen LogP contribution in [0.4, 0.5) is 0 Å². The molecular formula is C14H23N3O2S. The second kappa shape index (κ2) is 6.54. The second-order valence-corrected chi connectivity index (χ2v) is 7.51. The van der Waals surface area contributed by atoms with E-state index in [0.29, 0.717) is 25.4 Å². The summed E-state index contributed by atoms with van der Waals surface area (Å²) >= 11 is 0. The van der Waals surface area contributed by atoms with Gasteiger partial charge < -0.3 is 4.57 Å². The van der Waals surface area contributed by atoms with Crippen LogP contribution in [0.3, 0.4) is 0 Å². The minimum absolute atomic E-state index is 0.172. The molecule has 1 fully saturated rings. The fourth-order valence-corrected chi connectivity index (χ4v) is 4.23. The van der Waals surface area contributed by atoms with E-state index in [9.17, 15) is 8.42 Å². The Morgan fingerprint density at radius 2 is 2.35 bits per heavy atom. The summed E-state index contributed by atoms with van der Waals surface area (Å²) in [6.07, 6.45) is 8.74. The number of sulfonamides is 1. The summed E-state index contributed by atoms with van der Waals surface area (Å²) in [5, 5.41) is 0. The van der Waals surface area contributed by atoms with Gasteiger partial charge in [-0.3, -0.25) is 0 Å². The molecule has 1 aliphatic rings. The van der Waals surface area contributed by atoms with Crippen molar-refractivity contribution in [1.82, 2.24) is 13.9 Å². The van der Waals surface area contributed by atoms with Crippen molar-refractivity contribution in [2.45, 2.75) is 25.7 Å². The number of piperidine rings is 1. The van der Waals surface area contributed by atoms with Crippen molar-refractivity contribution in [3.05, 3.63) is 30.9 Å². The van der Waals surface area contributed by atoms with Gasteiger partial charge in [0, 0.05) is 39.0 Å². The number of imidazole rings is 1. The number of nitrogens with zero attached hydrogens (tertiary/aromatic N) is 3. The maximum atomic E-state index is 12.2. The molecule has 0 radical (unpaired) electrons. The van der Waals surface area contributed by atoms with E-state index in [4.69, 9.17) is 0 Å². The number of hydrogen-bond donors (Lipinski definition) is 0. The van der Waals surface area contributed by atoms with Crippen molar-refractivity contribution < 1.29 is 8.42 Å². The van der Waals surface area contributed by atoms with Crippen LogP contribution in [0.25, 0.3) is 0 Å². The molecule has 0 aliphatic carbocycles. The number of hydrogen-bond acceptors (Lipinski definition) is 3. The third-order valence-corrected chi connectivity index (χ3v) is 5.72. The molecule has 6 heteroatoms. The van der Waals surface area contributed by atoms with Gasteiger partial charge in [-0.15, -0.1) is 6.58 Å². The van der Waals surface area contributed by atoms with E-state index < -0.39 is 10.0 Å². The number of rotatable bonds is 6. The first-order valence-corrected chi connectivity index (χ1v) is 8.69. The van der Waals surface area contributed by atoms with E-state index in [2.05, 4.69) is 11.6 Å². The summed E-state index contributed by atoms with van der Waals surface area (Å²) in [7, 11) is -1.16. The van der Waals surface area contributed by atoms with Crippen LogP contribution in [-0.4, -0.2) is 41.1 Å². The predicted octanol–water partition coefficient (Wildman–Crippen LogP) is 1.58. The van der Waals surface area contributed by atoms with E-state index in [-0.39, 0.29) is 5.75 Å². The molecule has 0 saturated carbocycles. The first-order valence-electron chi connectivity index (χ1n) is 7.08. The summed E-state index contributed by atoms with van der Waals surface area (Å²) in [4.78, 5) is 4.33. The van der Waals surface area contributed by atoms with Gasteiger partial charge in [0.25, 0.3) is 0 Å². The van der Waals surface area contributed by atoms with Gasteiger partial charge in [0.15, 0.2) is 0 Å². The van der Waals surface area contributed by atoms with Crippen molar-refractivity contribution >= 4 is 10.0 Å². The third kappa shape index (κ3) is 3.70. The molecule has 0 bridgehead atoms. The maximum Gasteiger partial charge on any atom is 0.214 e. The van der Waals surface area contributed by atoms with Crippen molar-refractivity contribution in [2.24, 2.45) is 13.0 Å². The Kier molecular flexibility index (Phi) is 4.99. The zero-order valence-corrected chi connectivity index (χ0v) is 12.8. The lowest BCUT2D eigenvalue weighted by molar-refractivity contribution is 0.262. The van der Waals surface area contributed by atoms with Crippen molar-refractivity contribution in [3.63, 3.8) is 0 Å². The molecule has 2 rings (SSSR count). The average Bonchev–Trinajstić information content (AvgIpc) is 2.82. The highest BCUT2D eigenvalue weighted by molar-refractivity contribution is 7.89. The fraction of sp³-hybridized carbons (Fsp3) is 0.643. The van der Waals surface area contributed by atoms with Crippen LogP contribution in [-0.2, 0) is 23.5 Å². The van der Waals surface area contributed by atoms with Gasteiger partial charge in [-0.05, 0) is 25.2 Å². The zero-order valence-electron chi connectivity index (χ0n) is 12.0. The van der Waals surface area contributed by atoms with Crippen LogP contribution < -0.4 is 0 Å². The predicted molar refractivity (Wildman–Crippen MR) is 79.8 cm³/mol. The van der Waals surface area contributed by atoms with Crippen molar-refractivity contribution in [2.75, 3.05) is 18.8 Å². The molecule has 5 nitrogen and oxygen atoms in total. The third-order valence-electron chi connectivity index (χ3n) is 3.85. The van der Waals surface area contributed by atoms with Crippen molar-refractivity contribution in [3.8, 4) is 0 Å². The lowest BCUT2D eigenvalue weighted by atomic mass is 9.96. The summed E-state index contributed by atoms with van der Waals surface area (Å²) in [6, 6.07) is 0. The Morgan fingerprint density at radius 3 is 3.00 bits per heavy atom. The largest absolute Gasteiger partial charge is 0.338 e. The fourth-order valence-electron chi connectivity index (χ4n) is 2.66. The van der Waals surface area contributed by atoms with E-state index in [1.807, 2.05) is 17.8 Å². The lowest BCUT2D eigenvalue weighted by Gasteiger charge is -2.31. The topological polar surface area (TPSA) is 55.2 Å². The normalized spacial score (nSPS) is 20.9. The first kappa shape index (κ1) is 15.3. The molecule has 1 aromatic rings. The molecule has 0 unspecified atom stereocenters. The molecule has 112 valence electrons. The summed E-state index contributed by atoms with van der Waals surface area (Å²) < 4.78 is 28.1. The lowest BCUT2D eigenvalue weighted by Crippen LogP contribution is -2.41. The van der Waals surface area contributed by atoms with Crippen LogP contribution >= 0.6 is 0 Å². The zero-order chi connectivity index (χ0) is 14.6. The maximum absolute atomic E-state index is 12.2.